The standard InChI is InChI=1S/C22H27FN6O2/c1-15-18(21(24)31)13-25-22(26-15)19-3-2-8-29(19)14-20(30)28-11-9-27(10-12-28)17-6-4-16(23)5-7-17/h4-7,13,19H,2-3,8-12,14H2,1H3,(H2,24,31)/t19-/m0/s1. The summed E-state index contributed by atoms with van der Waals surface area (Å²) in [5, 5.41) is 0. The van der Waals surface area contributed by atoms with Gasteiger partial charge in [0.15, 0.2) is 0 Å². The van der Waals surface area contributed by atoms with Crippen molar-refractivity contribution < 1.29 is 14.0 Å². The van der Waals surface area contributed by atoms with Gasteiger partial charge in [-0.1, -0.05) is 0 Å². The molecule has 8 nitrogen and oxygen atoms in total. The number of aryl methyl sites for hydroxylation is 1. The zero-order valence-corrected chi connectivity index (χ0v) is 17.6. The van der Waals surface area contributed by atoms with E-state index in [2.05, 4.69) is 19.8 Å². The first-order valence-electron chi connectivity index (χ1n) is 10.6. The van der Waals surface area contributed by atoms with Gasteiger partial charge in [-0.15, -0.1) is 0 Å². The summed E-state index contributed by atoms with van der Waals surface area (Å²) in [5.41, 5.74) is 7.21. The number of aromatic nitrogens is 2. The number of anilines is 1. The fraction of sp³-hybridized carbons (Fsp3) is 0.455. The molecule has 0 radical (unpaired) electrons. The lowest BCUT2D eigenvalue weighted by Crippen LogP contribution is -2.51. The fourth-order valence-electron chi connectivity index (χ4n) is 4.33. The predicted octanol–water partition coefficient (Wildman–Crippen LogP) is 1.51. The third kappa shape index (κ3) is 4.66. The molecule has 2 aliphatic heterocycles. The number of benzene rings is 1. The Balaban J connectivity index is 1.35. The Morgan fingerprint density at radius 1 is 1.13 bits per heavy atom. The van der Waals surface area contributed by atoms with E-state index >= 15 is 0 Å². The minimum Gasteiger partial charge on any atom is -0.368 e. The van der Waals surface area contributed by atoms with Crippen LogP contribution in [0.1, 0.15) is 40.8 Å². The maximum Gasteiger partial charge on any atom is 0.252 e. The first kappa shape index (κ1) is 21.2. The van der Waals surface area contributed by atoms with Gasteiger partial charge in [0.2, 0.25) is 5.91 Å². The second-order valence-corrected chi connectivity index (χ2v) is 8.06. The molecule has 1 atom stereocenters. The second kappa shape index (κ2) is 8.97. The number of hydrogen-bond donors (Lipinski definition) is 1. The van der Waals surface area contributed by atoms with E-state index in [0.717, 1.165) is 38.2 Å². The van der Waals surface area contributed by atoms with E-state index < -0.39 is 5.91 Å². The third-order valence-corrected chi connectivity index (χ3v) is 6.09. The average Bonchev–Trinajstić information content (AvgIpc) is 3.22. The topological polar surface area (TPSA) is 95.7 Å². The number of nitrogens with two attached hydrogens (primary N) is 1. The molecule has 2 fully saturated rings. The van der Waals surface area contributed by atoms with E-state index in [1.54, 1.807) is 19.1 Å². The van der Waals surface area contributed by atoms with Crippen LogP contribution in [-0.2, 0) is 4.79 Å². The summed E-state index contributed by atoms with van der Waals surface area (Å²) in [6.45, 7) is 5.59. The van der Waals surface area contributed by atoms with Crippen LogP contribution in [-0.4, -0.2) is 70.9 Å². The van der Waals surface area contributed by atoms with Crippen LogP contribution in [0.25, 0.3) is 0 Å². The number of halogens is 1. The maximum absolute atomic E-state index is 13.1. The van der Waals surface area contributed by atoms with Crippen molar-refractivity contribution in [1.29, 1.82) is 0 Å². The maximum atomic E-state index is 13.1. The molecule has 31 heavy (non-hydrogen) atoms. The van der Waals surface area contributed by atoms with Crippen molar-refractivity contribution in [2.24, 2.45) is 5.73 Å². The molecule has 2 aliphatic rings. The first-order chi connectivity index (χ1) is 14.9. The minimum absolute atomic E-state index is 0.0370. The van der Waals surface area contributed by atoms with E-state index in [9.17, 15) is 14.0 Å². The highest BCUT2D eigenvalue weighted by Crippen LogP contribution is 2.30. The Labute approximate surface area is 180 Å². The van der Waals surface area contributed by atoms with E-state index in [4.69, 9.17) is 5.73 Å². The van der Waals surface area contributed by atoms with E-state index in [1.165, 1.54) is 18.3 Å². The quantitative estimate of drug-likeness (QED) is 0.779. The zero-order chi connectivity index (χ0) is 22.0. The van der Waals surface area contributed by atoms with Crippen LogP contribution in [0.2, 0.25) is 0 Å². The molecule has 0 bridgehead atoms. The second-order valence-electron chi connectivity index (χ2n) is 8.06. The van der Waals surface area contributed by atoms with Crippen molar-refractivity contribution in [3.8, 4) is 0 Å². The van der Waals surface area contributed by atoms with Gasteiger partial charge >= 0.3 is 0 Å². The lowest BCUT2D eigenvalue weighted by atomic mass is 10.1. The average molecular weight is 426 g/mol. The number of carbonyl (C=O) groups is 2. The summed E-state index contributed by atoms with van der Waals surface area (Å²) in [6.07, 6.45) is 3.32. The van der Waals surface area contributed by atoms with Crippen LogP contribution in [0, 0.1) is 12.7 Å². The molecule has 4 rings (SSSR count). The predicted molar refractivity (Wildman–Crippen MR) is 114 cm³/mol. The van der Waals surface area contributed by atoms with Crippen molar-refractivity contribution in [1.82, 2.24) is 19.8 Å². The summed E-state index contributed by atoms with van der Waals surface area (Å²) in [4.78, 5) is 39.4. The van der Waals surface area contributed by atoms with Gasteiger partial charge in [-0.3, -0.25) is 14.5 Å². The van der Waals surface area contributed by atoms with Gasteiger partial charge in [-0.2, -0.15) is 0 Å². The highest BCUT2D eigenvalue weighted by atomic mass is 19.1. The van der Waals surface area contributed by atoms with Gasteiger partial charge in [-0.25, -0.2) is 14.4 Å². The molecule has 1 aromatic heterocycles. The van der Waals surface area contributed by atoms with Crippen LogP contribution in [0.4, 0.5) is 10.1 Å². The SMILES string of the molecule is Cc1nc([C@@H]2CCCN2CC(=O)N2CCN(c3ccc(F)cc3)CC2)ncc1C(N)=O. The largest absolute Gasteiger partial charge is 0.368 e. The normalized spacial score (nSPS) is 19.6. The van der Waals surface area contributed by atoms with Crippen molar-refractivity contribution in [2.75, 3.05) is 44.2 Å². The minimum atomic E-state index is -0.540. The Bertz CT molecular complexity index is 959. The molecule has 2 aromatic rings. The van der Waals surface area contributed by atoms with Gasteiger partial charge in [0.25, 0.3) is 5.91 Å². The summed E-state index contributed by atoms with van der Waals surface area (Å²) >= 11 is 0. The number of carbonyl (C=O) groups excluding carboxylic acids is 2. The number of nitrogens with zero attached hydrogens (tertiary/aromatic N) is 5. The lowest BCUT2D eigenvalue weighted by molar-refractivity contribution is -0.133. The van der Waals surface area contributed by atoms with Crippen molar-refractivity contribution in [2.45, 2.75) is 25.8 Å². The third-order valence-electron chi connectivity index (χ3n) is 6.09. The van der Waals surface area contributed by atoms with Crippen LogP contribution in [0.5, 0.6) is 0 Å². The van der Waals surface area contributed by atoms with Crippen LogP contribution in [0.15, 0.2) is 30.5 Å². The van der Waals surface area contributed by atoms with Crippen molar-refractivity contribution >= 4 is 17.5 Å². The number of amides is 2. The molecule has 2 saturated heterocycles. The molecular weight excluding hydrogens is 399 g/mol. The Morgan fingerprint density at radius 2 is 1.84 bits per heavy atom. The molecule has 164 valence electrons. The highest BCUT2D eigenvalue weighted by molar-refractivity contribution is 5.93. The van der Waals surface area contributed by atoms with E-state index in [1.807, 2.05) is 4.90 Å². The Kier molecular flexibility index (Phi) is 6.13. The Hall–Kier alpha value is -3.07. The van der Waals surface area contributed by atoms with Gasteiger partial charge in [0, 0.05) is 38.1 Å². The molecule has 0 saturated carbocycles. The summed E-state index contributed by atoms with van der Waals surface area (Å²) in [7, 11) is 0. The van der Waals surface area contributed by atoms with Crippen molar-refractivity contribution in [3.63, 3.8) is 0 Å². The molecule has 9 heteroatoms. The lowest BCUT2D eigenvalue weighted by Gasteiger charge is -2.37. The summed E-state index contributed by atoms with van der Waals surface area (Å²) in [6, 6.07) is 6.42. The summed E-state index contributed by atoms with van der Waals surface area (Å²) in [5.74, 6) is -0.0616. The molecular formula is C22H27FN6O2. The van der Waals surface area contributed by atoms with Crippen LogP contribution in [0.3, 0.4) is 0 Å². The molecule has 1 aromatic carbocycles. The molecule has 0 spiro atoms. The zero-order valence-electron chi connectivity index (χ0n) is 17.6. The number of rotatable bonds is 5. The van der Waals surface area contributed by atoms with Gasteiger partial charge < -0.3 is 15.5 Å². The number of likely N-dealkylation sites (tertiary alicyclic amines) is 1. The first-order valence-corrected chi connectivity index (χ1v) is 10.6. The monoisotopic (exact) mass is 426 g/mol. The smallest absolute Gasteiger partial charge is 0.252 e. The molecule has 0 unspecified atom stereocenters. The molecule has 2 amide bonds. The van der Waals surface area contributed by atoms with Crippen LogP contribution >= 0.6 is 0 Å². The van der Waals surface area contributed by atoms with Gasteiger partial charge in [-0.05, 0) is 50.6 Å². The fourth-order valence-corrected chi connectivity index (χ4v) is 4.33. The molecule has 0 aliphatic carbocycles. The van der Waals surface area contributed by atoms with E-state index in [0.29, 0.717) is 36.7 Å². The van der Waals surface area contributed by atoms with Gasteiger partial charge in [0.05, 0.1) is 23.8 Å². The van der Waals surface area contributed by atoms with E-state index in [-0.39, 0.29) is 17.8 Å². The number of piperazine rings is 1. The highest BCUT2D eigenvalue weighted by Gasteiger charge is 2.32. The Morgan fingerprint density at radius 3 is 2.48 bits per heavy atom. The summed E-state index contributed by atoms with van der Waals surface area (Å²) < 4.78 is 13.1. The number of primary amides is 1. The van der Waals surface area contributed by atoms with Crippen LogP contribution < -0.4 is 10.6 Å². The number of hydrogen-bond acceptors (Lipinski definition) is 6. The van der Waals surface area contributed by atoms with Crippen molar-refractivity contribution in [3.05, 3.63) is 53.4 Å². The molecule has 2 N–H and O–H groups in total. The van der Waals surface area contributed by atoms with Gasteiger partial charge in [0.1, 0.15) is 11.6 Å². The molecule has 3 heterocycles.